The lowest BCUT2D eigenvalue weighted by Gasteiger charge is -2.13. The number of aryl methyl sites for hydroxylation is 4. The highest BCUT2D eigenvalue weighted by atomic mass is 127. The van der Waals surface area contributed by atoms with Crippen LogP contribution >= 0.6 is 45.2 Å². The zero-order chi connectivity index (χ0) is 18.9. The topological polar surface area (TPSA) is 38.9 Å². The summed E-state index contributed by atoms with van der Waals surface area (Å²) < 4.78 is 6.64. The van der Waals surface area contributed by atoms with Crippen LogP contribution in [0.25, 0.3) is 0 Å². The van der Waals surface area contributed by atoms with Gasteiger partial charge >= 0.3 is 0 Å². The van der Waals surface area contributed by atoms with Gasteiger partial charge in [0.2, 0.25) is 0 Å². The summed E-state index contributed by atoms with van der Waals surface area (Å²) >= 11 is 4.65. The molecule has 0 aliphatic carbocycles. The molecule has 1 aliphatic heterocycles. The van der Waals surface area contributed by atoms with E-state index in [1.807, 2.05) is 11.6 Å². The highest BCUT2D eigenvalue weighted by Crippen LogP contribution is 2.11. The van der Waals surface area contributed by atoms with Crippen LogP contribution in [0.15, 0.2) is 12.4 Å². The molecule has 1 aliphatic rings. The molecule has 5 nitrogen and oxygen atoms in total. The van der Waals surface area contributed by atoms with E-state index in [2.05, 4.69) is 91.2 Å². The van der Waals surface area contributed by atoms with E-state index < -0.39 is 0 Å². The van der Waals surface area contributed by atoms with E-state index in [1.54, 1.807) is 0 Å². The Balaban J connectivity index is 0.000000197. The van der Waals surface area contributed by atoms with E-state index >= 15 is 0 Å². The molecule has 3 rings (SSSR count). The molecule has 0 unspecified atom stereocenters. The number of unbranched alkanes of at least 4 members (excludes halogenated alkanes) is 1. The summed E-state index contributed by atoms with van der Waals surface area (Å²) in [4.78, 5) is 2.56. The Morgan fingerprint density at radius 3 is 1.77 bits per heavy atom. The van der Waals surface area contributed by atoms with Gasteiger partial charge in [-0.05, 0) is 104 Å². The summed E-state index contributed by atoms with van der Waals surface area (Å²) in [6, 6.07) is 0. The van der Waals surface area contributed by atoms with Gasteiger partial charge in [0.25, 0.3) is 0 Å². The van der Waals surface area contributed by atoms with Gasteiger partial charge in [-0.3, -0.25) is 9.36 Å². The maximum absolute atomic E-state index is 4.46. The van der Waals surface area contributed by atoms with Crippen LogP contribution in [0.4, 0.5) is 0 Å². The zero-order valence-electron chi connectivity index (χ0n) is 16.2. The zero-order valence-corrected chi connectivity index (χ0v) is 20.5. The Morgan fingerprint density at radius 2 is 1.35 bits per heavy atom. The van der Waals surface area contributed by atoms with Crippen molar-refractivity contribution in [1.82, 2.24) is 24.5 Å². The lowest BCUT2D eigenvalue weighted by molar-refractivity contribution is 0.322. The first-order valence-corrected chi connectivity index (χ1v) is 11.8. The van der Waals surface area contributed by atoms with Gasteiger partial charge in [0.15, 0.2) is 0 Å². The van der Waals surface area contributed by atoms with Crippen molar-refractivity contribution in [3.8, 4) is 0 Å². The molecule has 0 saturated carbocycles. The molecule has 26 heavy (non-hydrogen) atoms. The molecule has 0 N–H and O–H groups in total. The predicted octanol–water partition coefficient (Wildman–Crippen LogP) is 4.88. The van der Waals surface area contributed by atoms with Crippen molar-refractivity contribution in [1.29, 1.82) is 0 Å². The highest BCUT2D eigenvalue weighted by Gasteiger charge is 2.10. The molecule has 0 spiro atoms. The largest absolute Gasteiger partial charge is 0.303 e. The van der Waals surface area contributed by atoms with E-state index in [1.165, 1.54) is 58.9 Å². The Bertz CT molecular complexity index is 620. The van der Waals surface area contributed by atoms with Crippen LogP contribution in [-0.2, 0) is 13.1 Å². The predicted molar refractivity (Wildman–Crippen MR) is 125 cm³/mol. The minimum Gasteiger partial charge on any atom is -0.303 e. The first-order valence-electron chi connectivity index (χ1n) is 9.61. The molecule has 0 radical (unpaired) electrons. The van der Waals surface area contributed by atoms with E-state index in [4.69, 9.17) is 0 Å². The van der Waals surface area contributed by atoms with Crippen molar-refractivity contribution in [2.75, 3.05) is 19.6 Å². The smallest absolute Gasteiger partial charge is 0.0727 e. The van der Waals surface area contributed by atoms with Crippen LogP contribution in [0.5, 0.6) is 0 Å². The standard InChI is InChI=1S/C11H18IN3.C8H13IN2/c1-10-11(12)9-15(13-10)8-4-7-14-5-2-3-6-14;1-3-4-5-11-6-8(9)7(2)10-11/h9H,2-8H2,1H3;6H,3-5H2,1-2H3. The van der Waals surface area contributed by atoms with Crippen molar-refractivity contribution >= 4 is 45.2 Å². The number of hydrogen-bond acceptors (Lipinski definition) is 3. The maximum atomic E-state index is 4.46. The Morgan fingerprint density at radius 1 is 0.846 bits per heavy atom. The van der Waals surface area contributed by atoms with Gasteiger partial charge in [0.05, 0.1) is 18.5 Å². The first kappa shape index (κ1) is 22.1. The number of likely N-dealkylation sites (tertiary alicyclic amines) is 1. The Labute approximate surface area is 185 Å². The van der Waals surface area contributed by atoms with Crippen LogP contribution in [0.3, 0.4) is 0 Å². The SMILES string of the molecule is CCCCn1cc(I)c(C)n1.Cc1nn(CCCN2CCCC2)cc1I. The highest BCUT2D eigenvalue weighted by molar-refractivity contribution is 14.1. The van der Waals surface area contributed by atoms with Crippen LogP contribution < -0.4 is 0 Å². The van der Waals surface area contributed by atoms with Gasteiger partial charge in [0.1, 0.15) is 0 Å². The Hall–Kier alpha value is -0.160. The van der Waals surface area contributed by atoms with Crippen LogP contribution in [0.2, 0.25) is 0 Å². The second kappa shape index (κ2) is 11.6. The van der Waals surface area contributed by atoms with E-state index in [0.29, 0.717) is 0 Å². The average Bonchev–Trinajstić information content (AvgIpc) is 3.30. The third kappa shape index (κ3) is 7.46. The number of halogens is 2. The van der Waals surface area contributed by atoms with Gasteiger partial charge in [-0.2, -0.15) is 10.2 Å². The second-order valence-electron chi connectivity index (χ2n) is 6.91. The molecule has 7 heteroatoms. The fourth-order valence-electron chi connectivity index (χ4n) is 3.00. The van der Waals surface area contributed by atoms with E-state index in [-0.39, 0.29) is 0 Å². The molecule has 2 aromatic rings. The second-order valence-corrected chi connectivity index (χ2v) is 9.23. The van der Waals surface area contributed by atoms with Gasteiger partial charge in [-0.1, -0.05) is 13.3 Å². The van der Waals surface area contributed by atoms with Crippen molar-refractivity contribution < 1.29 is 0 Å². The van der Waals surface area contributed by atoms with Gasteiger partial charge < -0.3 is 4.90 Å². The third-order valence-corrected chi connectivity index (χ3v) is 6.69. The third-order valence-electron chi connectivity index (χ3n) is 4.57. The summed E-state index contributed by atoms with van der Waals surface area (Å²) in [6.45, 7) is 12.3. The Kier molecular flexibility index (Phi) is 9.90. The normalized spacial score (nSPS) is 14.5. The molecular weight excluding hydrogens is 552 g/mol. The van der Waals surface area contributed by atoms with Gasteiger partial charge in [0, 0.05) is 25.5 Å². The fourth-order valence-corrected chi connectivity index (χ4v) is 3.86. The van der Waals surface area contributed by atoms with Crippen LogP contribution in [0.1, 0.15) is 50.4 Å². The molecule has 1 saturated heterocycles. The van der Waals surface area contributed by atoms with E-state index in [9.17, 15) is 0 Å². The minimum absolute atomic E-state index is 1.06. The van der Waals surface area contributed by atoms with Crippen molar-refractivity contribution in [3.05, 3.63) is 30.9 Å². The molecular formula is C19H31I2N5. The molecule has 1 fully saturated rings. The van der Waals surface area contributed by atoms with Crippen molar-refractivity contribution in [3.63, 3.8) is 0 Å². The van der Waals surface area contributed by atoms with Crippen molar-refractivity contribution in [2.24, 2.45) is 0 Å². The summed E-state index contributed by atoms with van der Waals surface area (Å²) in [6.07, 6.45) is 10.7. The molecule has 146 valence electrons. The van der Waals surface area contributed by atoms with Crippen LogP contribution in [-0.4, -0.2) is 44.1 Å². The van der Waals surface area contributed by atoms with Crippen LogP contribution in [0, 0.1) is 21.0 Å². The number of aromatic nitrogens is 4. The first-order chi connectivity index (χ1) is 12.5. The maximum Gasteiger partial charge on any atom is 0.0727 e. The van der Waals surface area contributed by atoms with E-state index in [0.717, 1.165) is 24.5 Å². The molecule has 3 heterocycles. The monoisotopic (exact) mass is 583 g/mol. The molecule has 0 aromatic carbocycles. The van der Waals surface area contributed by atoms with Gasteiger partial charge in [-0.25, -0.2) is 0 Å². The minimum atomic E-state index is 1.06. The molecule has 0 amide bonds. The lowest BCUT2D eigenvalue weighted by Crippen LogP contribution is -2.21. The average molecular weight is 583 g/mol. The molecule has 0 bridgehead atoms. The molecule has 2 aromatic heterocycles. The molecule has 0 atom stereocenters. The summed E-state index contributed by atoms with van der Waals surface area (Å²) in [5.41, 5.74) is 2.29. The summed E-state index contributed by atoms with van der Waals surface area (Å²) in [5, 5.41) is 8.82. The number of rotatable bonds is 7. The van der Waals surface area contributed by atoms with Gasteiger partial charge in [-0.15, -0.1) is 0 Å². The number of nitrogens with zero attached hydrogens (tertiary/aromatic N) is 5. The lowest BCUT2D eigenvalue weighted by atomic mass is 10.3. The summed E-state index contributed by atoms with van der Waals surface area (Å²) in [5.74, 6) is 0. The number of hydrogen-bond donors (Lipinski definition) is 0. The fraction of sp³-hybridized carbons (Fsp3) is 0.684. The van der Waals surface area contributed by atoms with Crippen molar-refractivity contribution in [2.45, 2.75) is 66.0 Å². The summed E-state index contributed by atoms with van der Waals surface area (Å²) in [7, 11) is 0. The quantitative estimate of drug-likeness (QED) is 0.437.